The fourth-order valence-electron chi connectivity index (χ4n) is 2.98. The van der Waals surface area contributed by atoms with Crippen LogP contribution in [-0.2, 0) is 9.59 Å². The van der Waals surface area contributed by atoms with Gasteiger partial charge in [0.1, 0.15) is 0 Å². The first-order valence-corrected chi connectivity index (χ1v) is 7.12. The molecule has 1 aromatic rings. The van der Waals surface area contributed by atoms with Crippen molar-refractivity contribution in [2.45, 2.75) is 12.8 Å². The van der Waals surface area contributed by atoms with E-state index in [4.69, 9.17) is 11.6 Å². The summed E-state index contributed by atoms with van der Waals surface area (Å²) < 4.78 is 14.3. The van der Waals surface area contributed by atoms with Crippen molar-refractivity contribution in [1.29, 1.82) is 0 Å². The van der Waals surface area contributed by atoms with Gasteiger partial charge in [0.05, 0.1) is 21.8 Å². The molecule has 2 unspecified atom stereocenters. The second kappa shape index (κ2) is 5.31. The number of anilines is 1. The van der Waals surface area contributed by atoms with Crippen LogP contribution in [0.1, 0.15) is 12.8 Å². The Hall–Kier alpha value is -2.48. The predicted molar refractivity (Wildman–Crippen MR) is 77.6 cm³/mol. The fraction of sp³-hybridized carbons (Fsp3) is 0.286. The lowest BCUT2D eigenvalue weighted by Gasteiger charge is -2.16. The number of imide groups is 1. The minimum atomic E-state index is -1.22. The number of aromatic hydroxyl groups is 1. The molecule has 2 amide bonds. The molecule has 0 radical (unpaired) electrons. The van der Waals surface area contributed by atoms with E-state index in [-0.39, 0.29) is 0 Å². The van der Waals surface area contributed by atoms with Gasteiger partial charge in [-0.3, -0.25) is 19.7 Å². The van der Waals surface area contributed by atoms with Crippen LogP contribution >= 0.6 is 11.6 Å². The van der Waals surface area contributed by atoms with Crippen LogP contribution in [-0.4, -0.2) is 21.8 Å². The van der Waals surface area contributed by atoms with E-state index in [0.717, 1.165) is 0 Å². The van der Waals surface area contributed by atoms with Gasteiger partial charge in [0.2, 0.25) is 17.6 Å². The number of fused-ring (bicyclic) bond motifs is 1. The highest BCUT2D eigenvalue weighted by atomic mass is 35.5. The lowest BCUT2D eigenvalue weighted by Crippen LogP contribution is -2.32. The largest absolute Gasteiger partial charge is 0.501 e. The zero-order chi connectivity index (χ0) is 16.9. The van der Waals surface area contributed by atoms with Gasteiger partial charge in [0.15, 0.2) is 11.5 Å². The molecule has 0 aromatic heterocycles. The monoisotopic (exact) mass is 340 g/mol. The van der Waals surface area contributed by atoms with Crippen LogP contribution in [0.25, 0.3) is 0 Å². The van der Waals surface area contributed by atoms with Crippen LogP contribution in [0.5, 0.6) is 5.75 Å². The number of carbonyl (C=O) groups is 2. The van der Waals surface area contributed by atoms with E-state index in [1.54, 1.807) is 12.2 Å². The Morgan fingerprint density at radius 2 is 2.09 bits per heavy atom. The molecule has 7 nitrogen and oxygen atoms in total. The molecule has 1 heterocycles. The van der Waals surface area contributed by atoms with E-state index in [0.29, 0.717) is 23.8 Å². The van der Waals surface area contributed by atoms with Crippen LogP contribution in [0, 0.1) is 27.8 Å². The van der Waals surface area contributed by atoms with Gasteiger partial charge in [0.25, 0.3) is 0 Å². The van der Waals surface area contributed by atoms with Crippen molar-refractivity contribution >= 4 is 34.8 Å². The number of nitrogens with zero attached hydrogens (tertiary/aromatic N) is 2. The van der Waals surface area contributed by atoms with Crippen molar-refractivity contribution in [1.82, 2.24) is 0 Å². The van der Waals surface area contributed by atoms with E-state index in [1.807, 2.05) is 0 Å². The summed E-state index contributed by atoms with van der Waals surface area (Å²) in [6.07, 6.45) is 4.27. The molecule has 2 atom stereocenters. The molecule has 0 saturated carbocycles. The number of phenolic OH excluding ortho intramolecular Hbond substituents is 1. The number of allylic oxidation sites excluding steroid dienone is 1. The van der Waals surface area contributed by atoms with Crippen LogP contribution < -0.4 is 4.90 Å². The molecule has 1 aliphatic heterocycles. The average molecular weight is 341 g/mol. The minimum absolute atomic E-state index is 0.400. The Kier molecular flexibility index (Phi) is 3.56. The second-order valence-corrected chi connectivity index (χ2v) is 5.70. The van der Waals surface area contributed by atoms with Gasteiger partial charge in [-0.25, -0.2) is 9.29 Å². The lowest BCUT2D eigenvalue weighted by atomic mass is 9.86. The zero-order valence-corrected chi connectivity index (χ0v) is 12.3. The first-order valence-electron chi connectivity index (χ1n) is 6.74. The Labute approximate surface area is 134 Å². The third kappa shape index (κ3) is 2.17. The van der Waals surface area contributed by atoms with Crippen LogP contribution in [0.2, 0.25) is 5.02 Å². The minimum Gasteiger partial charge on any atom is -0.501 e. The summed E-state index contributed by atoms with van der Waals surface area (Å²) in [5.41, 5.74) is -1.96. The third-order valence-corrected chi connectivity index (χ3v) is 4.31. The van der Waals surface area contributed by atoms with Gasteiger partial charge in [-0.2, -0.15) is 0 Å². The summed E-state index contributed by atoms with van der Waals surface area (Å²) in [5, 5.41) is 20.4. The molecule has 3 rings (SSSR count). The number of hydrogen-bond acceptors (Lipinski definition) is 5. The summed E-state index contributed by atoms with van der Waals surface area (Å²) in [6.45, 7) is 0. The maximum absolute atomic E-state index is 14.3. The molecule has 23 heavy (non-hydrogen) atoms. The van der Waals surface area contributed by atoms with Crippen molar-refractivity contribution in [3.05, 3.63) is 39.2 Å². The van der Waals surface area contributed by atoms with Crippen LogP contribution in [0.15, 0.2) is 18.2 Å². The molecule has 2 aliphatic rings. The summed E-state index contributed by atoms with van der Waals surface area (Å²) >= 11 is 5.54. The smallest absolute Gasteiger partial charge is 0.339 e. The van der Waals surface area contributed by atoms with Crippen molar-refractivity contribution < 1.29 is 24.0 Å². The highest BCUT2D eigenvalue weighted by molar-refractivity contribution is 6.33. The number of amides is 2. The predicted octanol–water partition coefficient (Wildman–Crippen LogP) is 2.55. The molecule has 0 bridgehead atoms. The Morgan fingerprint density at radius 3 is 2.70 bits per heavy atom. The topological polar surface area (TPSA) is 101 Å². The quantitative estimate of drug-likeness (QED) is 0.386. The van der Waals surface area contributed by atoms with Crippen LogP contribution in [0.4, 0.5) is 15.8 Å². The van der Waals surface area contributed by atoms with Crippen molar-refractivity contribution in [2.75, 3.05) is 4.90 Å². The van der Waals surface area contributed by atoms with Gasteiger partial charge in [-0.05, 0) is 18.9 Å². The van der Waals surface area contributed by atoms with E-state index in [2.05, 4.69) is 0 Å². The van der Waals surface area contributed by atoms with E-state index >= 15 is 0 Å². The molecule has 120 valence electrons. The maximum Gasteiger partial charge on any atom is 0.339 e. The number of benzene rings is 1. The van der Waals surface area contributed by atoms with E-state index in [9.17, 15) is 29.2 Å². The molecular weight excluding hydrogens is 331 g/mol. The number of halogens is 2. The van der Waals surface area contributed by atoms with Crippen molar-refractivity contribution in [2.24, 2.45) is 11.8 Å². The summed E-state index contributed by atoms with van der Waals surface area (Å²) in [6, 6.07) is 0.637. The molecule has 9 heteroatoms. The van der Waals surface area contributed by atoms with Crippen molar-refractivity contribution in [3.8, 4) is 5.75 Å². The standard InChI is InChI=1S/C14H10ClFN2O5/c15-8-5-9(16)10(11(12(8)19)18(22)23)17-13(20)6-3-1-2-4-7(6)14(17)21/h1,3,5-7,19H,2,4H2. The number of hydrogen-bond donors (Lipinski definition) is 1. The Morgan fingerprint density at radius 1 is 1.39 bits per heavy atom. The summed E-state index contributed by atoms with van der Waals surface area (Å²) in [7, 11) is 0. The lowest BCUT2D eigenvalue weighted by molar-refractivity contribution is -0.385. The first-order chi connectivity index (χ1) is 10.8. The van der Waals surface area contributed by atoms with Crippen LogP contribution in [0.3, 0.4) is 0 Å². The van der Waals surface area contributed by atoms with Gasteiger partial charge < -0.3 is 5.11 Å². The third-order valence-electron chi connectivity index (χ3n) is 4.03. The Balaban J connectivity index is 2.21. The normalized spacial score (nSPS) is 23.3. The van der Waals surface area contributed by atoms with E-state index < -0.39 is 56.5 Å². The SMILES string of the molecule is O=C1C2C=CCCC2C(=O)N1c1c(F)cc(Cl)c(O)c1[N+](=O)[O-]. The molecule has 1 N–H and O–H groups in total. The van der Waals surface area contributed by atoms with Gasteiger partial charge in [0, 0.05) is 0 Å². The summed E-state index contributed by atoms with van der Waals surface area (Å²) in [5.74, 6) is -5.12. The van der Waals surface area contributed by atoms with Crippen molar-refractivity contribution in [3.63, 3.8) is 0 Å². The highest BCUT2D eigenvalue weighted by Crippen LogP contribution is 2.47. The number of carbonyl (C=O) groups excluding carboxylic acids is 2. The van der Waals surface area contributed by atoms with Gasteiger partial charge in [-0.15, -0.1) is 0 Å². The molecular formula is C14H10ClFN2O5. The highest BCUT2D eigenvalue weighted by Gasteiger charge is 2.50. The van der Waals surface area contributed by atoms with Gasteiger partial charge in [-0.1, -0.05) is 23.8 Å². The first kappa shape index (κ1) is 15.4. The maximum atomic E-state index is 14.3. The molecule has 1 fully saturated rings. The Bertz CT molecular complexity index is 779. The molecule has 0 spiro atoms. The number of phenols is 1. The molecule has 1 aromatic carbocycles. The molecule has 1 aliphatic carbocycles. The summed E-state index contributed by atoms with van der Waals surface area (Å²) in [4.78, 5) is 35.4. The molecule has 1 saturated heterocycles. The average Bonchev–Trinajstić information content (AvgIpc) is 2.75. The van der Waals surface area contributed by atoms with Gasteiger partial charge >= 0.3 is 5.69 Å². The van der Waals surface area contributed by atoms with E-state index in [1.165, 1.54) is 0 Å². The zero-order valence-electron chi connectivity index (χ0n) is 11.5. The number of nitro groups is 1. The second-order valence-electron chi connectivity index (χ2n) is 5.29. The number of nitro benzene ring substituents is 1. The fourth-order valence-corrected chi connectivity index (χ4v) is 3.16. The number of rotatable bonds is 2.